The van der Waals surface area contributed by atoms with Gasteiger partial charge in [0.25, 0.3) is 0 Å². The van der Waals surface area contributed by atoms with Crippen molar-refractivity contribution in [2.75, 3.05) is 31.5 Å². The van der Waals surface area contributed by atoms with Gasteiger partial charge in [0.15, 0.2) is 5.75 Å². The normalized spacial score (nSPS) is 18.8. The van der Waals surface area contributed by atoms with Gasteiger partial charge in [0.2, 0.25) is 0 Å². The molecule has 1 aliphatic heterocycles. The first-order chi connectivity index (χ1) is 14.3. The Bertz CT molecular complexity index is 780. The van der Waals surface area contributed by atoms with E-state index in [1.54, 1.807) is 0 Å². The molecule has 29 heavy (non-hydrogen) atoms. The first-order valence-corrected chi connectivity index (χ1v) is 10.9. The summed E-state index contributed by atoms with van der Waals surface area (Å²) in [6.45, 7) is 3.51. The van der Waals surface area contributed by atoms with Crippen LogP contribution in [0.15, 0.2) is 54.6 Å². The van der Waals surface area contributed by atoms with Gasteiger partial charge in [-0.05, 0) is 37.1 Å². The van der Waals surface area contributed by atoms with E-state index in [4.69, 9.17) is 4.74 Å². The minimum atomic E-state index is -0.0466. The average Bonchev–Trinajstić information content (AvgIpc) is 3.06. The van der Waals surface area contributed by atoms with Crippen LogP contribution in [0.3, 0.4) is 0 Å². The Morgan fingerprint density at radius 1 is 0.828 bits per heavy atom. The van der Waals surface area contributed by atoms with Crippen LogP contribution in [0.4, 0.5) is 10.5 Å². The van der Waals surface area contributed by atoms with Gasteiger partial charge in [-0.15, -0.1) is 0 Å². The second-order valence-electron chi connectivity index (χ2n) is 8.01. The molecular formula is C24H31N3O2. The van der Waals surface area contributed by atoms with Gasteiger partial charge >= 0.3 is 6.03 Å². The lowest BCUT2D eigenvalue weighted by Crippen LogP contribution is -2.52. The molecule has 2 fully saturated rings. The molecule has 0 bridgehead atoms. The highest BCUT2D eigenvalue weighted by Gasteiger charge is 2.26. The molecule has 0 unspecified atom stereocenters. The number of urea groups is 1. The molecule has 2 aromatic rings. The molecule has 1 heterocycles. The van der Waals surface area contributed by atoms with E-state index in [9.17, 15) is 4.79 Å². The van der Waals surface area contributed by atoms with Gasteiger partial charge in [0.05, 0.1) is 5.69 Å². The first kappa shape index (κ1) is 19.8. The number of nitrogens with zero attached hydrogens (tertiary/aromatic N) is 2. The second-order valence-corrected chi connectivity index (χ2v) is 8.01. The van der Waals surface area contributed by atoms with Gasteiger partial charge in [0, 0.05) is 32.2 Å². The van der Waals surface area contributed by atoms with E-state index < -0.39 is 0 Å². The molecule has 1 saturated heterocycles. The second kappa shape index (κ2) is 9.79. The van der Waals surface area contributed by atoms with Crippen molar-refractivity contribution in [2.24, 2.45) is 0 Å². The summed E-state index contributed by atoms with van der Waals surface area (Å²) in [5.74, 6) is 1.41. The number of piperazine rings is 1. The van der Waals surface area contributed by atoms with Gasteiger partial charge in [-0.2, -0.15) is 0 Å². The zero-order chi connectivity index (χ0) is 19.9. The first-order valence-electron chi connectivity index (χ1n) is 10.9. The summed E-state index contributed by atoms with van der Waals surface area (Å²) in [5, 5.41) is 3.05. The Morgan fingerprint density at radius 2 is 1.48 bits per heavy atom. The summed E-state index contributed by atoms with van der Waals surface area (Å²) >= 11 is 0. The maximum Gasteiger partial charge on any atom is 0.322 e. The number of carbonyl (C=O) groups excluding carboxylic acids is 1. The Balaban J connectivity index is 1.33. The molecule has 1 saturated carbocycles. The highest BCUT2D eigenvalue weighted by molar-refractivity contribution is 5.91. The predicted octanol–water partition coefficient (Wildman–Crippen LogP) is 5.35. The number of nitrogens with one attached hydrogen (secondary N) is 1. The molecule has 0 spiro atoms. The monoisotopic (exact) mass is 393 g/mol. The number of rotatable bonds is 4. The molecule has 4 rings (SSSR count). The van der Waals surface area contributed by atoms with Crippen LogP contribution in [0.1, 0.15) is 38.5 Å². The predicted molar refractivity (Wildman–Crippen MR) is 117 cm³/mol. The van der Waals surface area contributed by atoms with E-state index in [0.717, 1.165) is 31.9 Å². The number of carbonyl (C=O) groups is 1. The van der Waals surface area contributed by atoms with Crippen LogP contribution in [0.2, 0.25) is 0 Å². The Labute approximate surface area is 173 Å². The Hall–Kier alpha value is -2.53. The van der Waals surface area contributed by atoms with E-state index in [1.165, 1.54) is 38.5 Å². The van der Waals surface area contributed by atoms with Crippen molar-refractivity contribution in [2.45, 2.75) is 44.6 Å². The lowest BCUT2D eigenvalue weighted by Gasteiger charge is -2.39. The minimum absolute atomic E-state index is 0.0466. The molecular weight excluding hydrogens is 362 g/mol. The van der Waals surface area contributed by atoms with Crippen LogP contribution in [-0.2, 0) is 0 Å². The van der Waals surface area contributed by atoms with Crippen molar-refractivity contribution in [3.63, 3.8) is 0 Å². The van der Waals surface area contributed by atoms with Crippen LogP contribution in [0.5, 0.6) is 11.5 Å². The van der Waals surface area contributed by atoms with Gasteiger partial charge < -0.3 is 15.0 Å². The fraction of sp³-hybridized carbons (Fsp3) is 0.458. The summed E-state index contributed by atoms with van der Waals surface area (Å²) in [5.41, 5.74) is 0.701. The third-order valence-corrected chi connectivity index (χ3v) is 6.04. The van der Waals surface area contributed by atoms with Crippen molar-refractivity contribution in [3.8, 4) is 11.5 Å². The summed E-state index contributed by atoms with van der Waals surface area (Å²) in [6, 6.07) is 17.9. The molecule has 0 atom stereocenters. The highest BCUT2D eigenvalue weighted by atomic mass is 16.5. The standard InChI is InChI=1S/C24H31N3O2/c28-24(27-18-16-26(17-19-27)20-10-4-1-2-5-11-20)25-22-14-8-9-15-23(22)29-21-12-6-3-7-13-21/h3,6-9,12-15,20H,1-2,4-5,10-11,16-19H2,(H,25,28). The third-order valence-electron chi connectivity index (χ3n) is 6.04. The molecule has 5 nitrogen and oxygen atoms in total. The Kier molecular flexibility index (Phi) is 6.67. The topological polar surface area (TPSA) is 44.8 Å². The van der Waals surface area contributed by atoms with E-state index in [-0.39, 0.29) is 6.03 Å². The molecule has 0 radical (unpaired) electrons. The van der Waals surface area contributed by atoms with Gasteiger partial charge in [-0.3, -0.25) is 4.90 Å². The largest absolute Gasteiger partial charge is 0.455 e. The number of hydrogen-bond acceptors (Lipinski definition) is 3. The smallest absolute Gasteiger partial charge is 0.322 e. The van der Waals surface area contributed by atoms with Gasteiger partial charge in [0.1, 0.15) is 5.75 Å². The number of para-hydroxylation sites is 3. The number of amides is 2. The van der Waals surface area contributed by atoms with Crippen LogP contribution in [0, 0.1) is 0 Å². The van der Waals surface area contributed by atoms with E-state index >= 15 is 0 Å². The average molecular weight is 394 g/mol. The van der Waals surface area contributed by atoms with Crippen molar-refractivity contribution in [1.82, 2.24) is 9.80 Å². The number of hydrogen-bond donors (Lipinski definition) is 1. The Morgan fingerprint density at radius 3 is 2.21 bits per heavy atom. The van der Waals surface area contributed by atoms with E-state index in [2.05, 4.69) is 10.2 Å². The number of benzene rings is 2. The minimum Gasteiger partial charge on any atom is -0.455 e. The zero-order valence-corrected chi connectivity index (χ0v) is 17.1. The molecule has 5 heteroatoms. The summed E-state index contributed by atoms with van der Waals surface area (Å²) < 4.78 is 5.96. The van der Waals surface area contributed by atoms with E-state index in [0.29, 0.717) is 17.5 Å². The van der Waals surface area contributed by atoms with Crippen LogP contribution in [0.25, 0.3) is 0 Å². The quantitative estimate of drug-likeness (QED) is 0.712. The van der Waals surface area contributed by atoms with Crippen molar-refractivity contribution in [3.05, 3.63) is 54.6 Å². The maximum atomic E-state index is 12.9. The fourth-order valence-corrected chi connectivity index (χ4v) is 4.38. The molecule has 2 aromatic carbocycles. The lowest BCUT2D eigenvalue weighted by molar-refractivity contribution is 0.105. The van der Waals surface area contributed by atoms with Gasteiger partial charge in [-0.25, -0.2) is 4.79 Å². The van der Waals surface area contributed by atoms with Crippen molar-refractivity contribution in [1.29, 1.82) is 0 Å². The van der Waals surface area contributed by atoms with Crippen LogP contribution >= 0.6 is 0 Å². The SMILES string of the molecule is O=C(Nc1ccccc1Oc1ccccc1)N1CCN(C2CCCCCC2)CC1. The highest BCUT2D eigenvalue weighted by Crippen LogP contribution is 2.29. The summed E-state index contributed by atoms with van der Waals surface area (Å²) in [4.78, 5) is 17.4. The molecule has 154 valence electrons. The third kappa shape index (κ3) is 5.30. The van der Waals surface area contributed by atoms with Crippen molar-refractivity contribution >= 4 is 11.7 Å². The molecule has 1 N–H and O–H groups in total. The molecule has 1 aliphatic carbocycles. The number of anilines is 1. The van der Waals surface area contributed by atoms with Crippen LogP contribution < -0.4 is 10.1 Å². The molecule has 2 amide bonds. The molecule has 0 aromatic heterocycles. The summed E-state index contributed by atoms with van der Waals surface area (Å²) in [7, 11) is 0. The fourth-order valence-electron chi connectivity index (χ4n) is 4.38. The van der Waals surface area contributed by atoms with Crippen molar-refractivity contribution < 1.29 is 9.53 Å². The zero-order valence-electron chi connectivity index (χ0n) is 17.1. The maximum absolute atomic E-state index is 12.9. The van der Waals surface area contributed by atoms with Crippen LogP contribution in [-0.4, -0.2) is 48.1 Å². The lowest BCUT2D eigenvalue weighted by atomic mass is 10.1. The van der Waals surface area contributed by atoms with Gasteiger partial charge in [-0.1, -0.05) is 56.0 Å². The number of ether oxygens (including phenoxy) is 1. The van der Waals surface area contributed by atoms with E-state index in [1.807, 2.05) is 59.5 Å². The summed E-state index contributed by atoms with van der Waals surface area (Å²) in [6.07, 6.45) is 8.09. The molecule has 2 aliphatic rings.